The first kappa shape index (κ1) is 16.8. The van der Waals surface area contributed by atoms with E-state index in [4.69, 9.17) is 9.47 Å². The van der Waals surface area contributed by atoms with E-state index in [0.29, 0.717) is 16.0 Å². The molecule has 2 aromatic carbocycles. The average molecular weight is 405 g/mol. The SMILES string of the molecule is COC1=C(OC)C(=O)c2c(Sc3ccccc3Br)cccc2C1=O. The minimum Gasteiger partial charge on any atom is -0.489 e. The fourth-order valence-corrected chi connectivity index (χ4v) is 4.03. The van der Waals surface area contributed by atoms with Crippen LogP contribution in [0.3, 0.4) is 0 Å². The van der Waals surface area contributed by atoms with Gasteiger partial charge in [0.15, 0.2) is 0 Å². The maximum atomic E-state index is 12.8. The third-order valence-corrected chi connectivity index (χ3v) is 5.67. The van der Waals surface area contributed by atoms with Gasteiger partial charge in [-0.2, -0.15) is 0 Å². The Morgan fingerprint density at radius 3 is 2.12 bits per heavy atom. The largest absolute Gasteiger partial charge is 0.489 e. The molecule has 0 amide bonds. The van der Waals surface area contributed by atoms with E-state index < -0.39 is 0 Å². The van der Waals surface area contributed by atoms with Gasteiger partial charge in [0, 0.05) is 19.8 Å². The Hall–Kier alpha value is -2.05. The number of methoxy groups -OCH3 is 2. The van der Waals surface area contributed by atoms with Crippen LogP contribution in [-0.2, 0) is 9.47 Å². The molecule has 0 atom stereocenters. The smallest absolute Gasteiger partial charge is 0.233 e. The summed E-state index contributed by atoms with van der Waals surface area (Å²) in [5.41, 5.74) is 0.676. The predicted molar refractivity (Wildman–Crippen MR) is 94.4 cm³/mol. The van der Waals surface area contributed by atoms with Gasteiger partial charge in [-0.25, -0.2) is 0 Å². The highest BCUT2D eigenvalue weighted by Gasteiger charge is 2.36. The van der Waals surface area contributed by atoms with Crippen LogP contribution in [-0.4, -0.2) is 25.8 Å². The molecular formula is C18H13BrO4S. The minimum atomic E-state index is -0.349. The highest BCUT2D eigenvalue weighted by atomic mass is 79.9. The zero-order valence-corrected chi connectivity index (χ0v) is 15.4. The summed E-state index contributed by atoms with van der Waals surface area (Å²) in [6.07, 6.45) is 0. The van der Waals surface area contributed by atoms with Crippen LogP contribution < -0.4 is 0 Å². The van der Waals surface area contributed by atoms with Gasteiger partial charge in [0.1, 0.15) is 0 Å². The third kappa shape index (κ3) is 2.76. The lowest BCUT2D eigenvalue weighted by Gasteiger charge is -2.21. The second-order valence-corrected chi connectivity index (χ2v) is 6.87. The zero-order chi connectivity index (χ0) is 17.3. The molecule has 24 heavy (non-hydrogen) atoms. The van der Waals surface area contributed by atoms with E-state index in [-0.39, 0.29) is 23.1 Å². The van der Waals surface area contributed by atoms with E-state index in [2.05, 4.69) is 15.9 Å². The zero-order valence-electron chi connectivity index (χ0n) is 13.0. The number of Topliss-reactive ketones (excluding diaryl/α,β-unsaturated/α-hetero) is 2. The van der Waals surface area contributed by atoms with E-state index in [1.165, 1.54) is 26.0 Å². The number of carbonyl (C=O) groups is 2. The van der Waals surface area contributed by atoms with Crippen LogP contribution in [0.15, 0.2) is 68.2 Å². The Balaban J connectivity index is 2.13. The number of fused-ring (bicyclic) bond motifs is 1. The van der Waals surface area contributed by atoms with Crippen LogP contribution in [0.25, 0.3) is 0 Å². The summed E-state index contributed by atoms with van der Waals surface area (Å²) < 4.78 is 11.1. The number of ether oxygens (including phenoxy) is 2. The van der Waals surface area contributed by atoms with Crippen LogP contribution in [0.4, 0.5) is 0 Å². The van der Waals surface area contributed by atoms with Gasteiger partial charge in [0.25, 0.3) is 0 Å². The molecule has 0 heterocycles. The number of ketones is 2. The van der Waals surface area contributed by atoms with Crippen molar-refractivity contribution in [2.45, 2.75) is 9.79 Å². The van der Waals surface area contributed by atoms with Crippen molar-refractivity contribution in [1.29, 1.82) is 0 Å². The topological polar surface area (TPSA) is 52.6 Å². The van der Waals surface area contributed by atoms with Gasteiger partial charge < -0.3 is 9.47 Å². The fraction of sp³-hybridized carbons (Fsp3) is 0.111. The van der Waals surface area contributed by atoms with Crippen molar-refractivity contribution in [3.63, 3.8) is 0 Å². The maximum Gasteiger partial charge on any atom is 0.233 e. The summed E-state index contributed by atoms with van der Waals surface area (Å²) in [4.78, 5) is 27.1. The first-order valence-electron chi connectivity index (χ1n) is 7.05. The number of benzene rings is 2. The number of rotatable bonds is 4. The molecule has 0 radical (unpaired) electrons. The van der Waals surface area contributed by atoms with E-state index >= 15 is 0 Å². The average Bonchev–Trinajstić information content (AvgIpc) is 2.59. The van der Waals surface area contributed by atoms with Crippen molar-refractivity contribution in [3.8, 4) is 0 Å². The van der Waals surface area contributed by atoms with Gasteiger partial charge in [-0.05, 0) is 34.1 Å². The number of hydrogen-bond donors (Lipinski definition) is 0. The number of carbonyl (C=O) groups excluding carboxylic acids is 2. The van der Waals surface area contributed by atoms with Gasteiger partial charge >= 0.3 is 0 Å². The summed E-state index contributed by atoms with van der Waals surface area (Å²) in [5, 5.41) is 0. The molecule has 0 spiro atoms. The van der Waals surface area contributed by atoms with Crippen LogP contribution in [0, 0.1) is 0 Å². The van der Waals surface area contributed by atoms with Gasteiger partial charge in [-0.15, -0.1) is 0 Å². The first-order valence-corrected chi connectivity index (χ1v) is 8.66. The minimum absolute atomic E-state index is 0.0574. The summed E-state index contributed by atoms with van der Waals surface area (Å²) in [7, 11) is 2.71. The Labute approximate surface area is 152 Å². The molecule has 122 valence electrons. The molecule has 6 heteroatoms. The molecule has 0 saturated carbocycles. The summed E-state index contributed by atoms with van der Waals surface area (Å²) in [6, 6.07) is 12.9. The lowest BCUT2D eigenvalue weighted by atomic mass is 9.92. The van der Waals surface area contributed by atoms with E-state index in [1.807, 2.05) is 30.3 Å². The summed E-state index contributed by atoms with van der Waals surface area (Å²) in [6.45, 7) is 0. The molecule has 3 rings (SSSR count). The fourth-order valence-electron chi connectivity index (χ4n) is 2.50. The van der Waals surface area contributed by atoms with Crippen LogP contribution >= 0.6 is 27.7 Å². The molecule has 0 bridgehead atoms. The Bertz CT molecular complexity index is 873. The van der Waals surface area contributed by atoms with Gasteiger partial charge in [0.05, 0.1) is 19.8 Å². The maximum absolute atomic E-state index is 12.8. The van der Waals surface area contributed by atoms with Crippen molar-refractivity contribution in [3.05, 3.63) is 69.6 Å². The van der Waals surface area contributed by atoms with Crippen LogP contribution in [0.5, 0.6) is 0 Å². The van der Waals surface area contributed by atoms with Gasteiger partial charge in [0.2, 0.25) is 23.1 Å². The molecule has 1 aliphatic carbocycles. The molecule has 2 aromatic rings. The number of halogens is 1. The molecule has 0 saturated heterocycles. The Morgan fingerprint density at radius 2 is 1.46 bits per heavy atom. The van der Waals surface area contributed by atoms with Crippen LogP contribution in [0.2, 0.25) is 0 Å². The normalized spacial score (nSPS) is 13.8. The molecular weight excluding hydrogens is 392 g/mol. The third-order valence-electron chi connectivity index (χ3n) is 3.58. The number of hydrogen-bond acceptors (Lipinski definition) is 5. The predicted octanol–water partition coefficient (Wildman–Crippen LogP) is 4.48. The van der Waals surface area contributed by atoms with Gasteiger partial charge in [-0.1, -0.05) is 36.0 Å². The monoisotopic (exact) mass is 404 g/mol. The lowest BCUT2D eigenvalue weighted by Crippen LogP contribution is -2.24. The summed E-state index contributed by atoms with van der Waals surface area (Å²) in [5.74, 6) is -0.814. The quantitative estimate of drug-likeness (QED) is 0.751. The van der Waals surface area contributed by atoms with Crippen molar-refractivity contribution in [2.24, 2.45) is 0 Å². The molecule has 0 fully saturated rings. The molecule has 0 N–H and O–H groups in total. The molecule has 0 aromatic heterocycles. The van der Waals surface area contributed by atoms with E-state index in [9.17, 15) is 9.59 Å². The van der Waals surface area contributed by atoms with E-state index in [0.717, 1.165) is 9.37 Å². The van der Waals surface area contributed by atoms with Crippen molar-refractivity contribution < 1.29 is 19.1 Å². The Morgan fingerprint density at radius 1 is 0.833 bits per heavy atom. The molecule has 0 unspecified atom stereocenters. The number of allylic oxidation sites excluding steroid dienone is 2. The molecule has 4 nitrogen and oxygen atoms in total. The lowest BCUT2D eigenvalue weighted by molar-refractivity contribution is 0.0826. The Kier molecular flexibility index (Phi) is 4.78. The van der Waals surface area contributed by atoms with Crippen molar-refractivity contribution >= 4 is 39.3 Å². The second-order valence-electron chi connectivity index (χ2n) is 4.94. The standard InChI is InChI=1S/C18H13BrO4S/c1-22-17-15(20)10-6-5-9-13(14(10)16(21)18(17)23-2)24-12-8-4-3-7-11(12)19/h3-9H,1-2H3. The highest BCUT2D eigenvalue weighted by molar-refractivity contribution is 9.10. The second kappa shape index (κ2) is 6.83. The van der Waals surface area contributed by atoms with Gasteiger partial charge in [-0.3, -0.25) is 9.59 Å². The first-order chi connectivity index (χ1) is 11.6. The summed E-state index contributed by atoms with van der Waals surface area (Å²) >= 11 is 4.91. The van der Waals surface area contributed by atoms with Crippen molar-refractivity contribution in [2.75, 3.05) is 14.2 Å². The van der Waals surface area contributed by atoms with E-state index in [1.54, 1.807) is 12.1 Å². The molecule has 0 aliphatic heterocycles. The van der Waals surface area contributed by atoms with Crippen LogP contribution in [0.1, 0.15) is 20.7 Å². The highest BCUT2D eigenvalue weighted by Crippen LogP contribution is 2.39. The molecule has 1 aliphatic rings. The van der Waals surface area contributed by atoms with Crippen molar-refractivity contribution in [1.82, 2.24) is 0 Å².